The molecule has 1 amide bonds. The maximum Gasteiger partial charge on any atom is 0.230 e. The van der Waals surface area contributed by atoms with E-state index in [0.29, 0.717) is 5.16 Å². The van der Waals surface area contributed by atoms with Gasteiger partial charge in [-0.15, -0.1) is 0 Å². The van der Waals surface area contributed by atoms with Crippen molar-refractivity contribution in [3.8, 4) is 11.3 Å². The molecule has 3 N–H and O–H groups in total. The quantitative estimate of drug-likeness (QED) is 0.463. The predicted molar refractivity (Wildman–Crippen MR) is 111 cm³/mol. The van der Waals surface area contributed by atoms with Crippen LogP contribution in [0.5, 0.6) is 0 Å². The van der Waals surface area contributed by atoms with E-state index in [1.54, 1.807) is 6.20 Å². The number of nitrogens with one attached hydrogen (secondary N) is 1. The second-order valence-electron chi connectivity index (χ2n) is 6.46. The third-order valence-electron chi connectivity index (χ3n) is 4.22. The van der Waals surface area contributed by atoms with Gasteiger partial charge in [0, 0.05) is 11.6 Å². The summed E-state index contributed by atoms with van der Waals surface area (Å²) in [5, 5.41) is 3.67. The maximum absolute atomic E-state index is 12.2. The molecule has 0 aliphatic rings. The third kappa shape index (κ3) is 5.62. The highest BCUT2D eigenvalue weighted by molar-refractivity contribution is 7.99. The molecule has 2 aromatic carbocycles. The number of nitrogens with zero attached hydrogens (tertiary/aromatic N) is 2. The lowest BCUT2D eigenvalue weighted by molar-refractivity contribution is -0.119. The van der Waals surface area contributed by atoms with Gasteiger partial charge in [0.05, 0.1) is 17.6 Å². The van der Waals surface area contributed by atoms with Gasteiger partial charge in [0.2, 0.25) is 5.91 Å². The minimum absolute atomic E-state index is 0.00942. The molecule has 0 aliphatic carbocycles. The Morgan fingerprint density at radius 2 is 1.81 bits per heavy atom. The van der Waals surface area contributed by atoms with Crippen molar-refractivity contribution in [1.82, 2.24) is 15.0 Å². The lowest BCUT2D eigenvalue weighted by Crippen LogP contribution is -2.34. The number of thioether (sulfide) groups is 1. The van der Waals surface area contributed by atoms with Crippen LogP contribution in [-0.4, -0.2) is 27.4 Å². The fourth-order valence-corrected chi connectivity index (χ4v) is 3.49. The molecule has 1 aromatic heterocycles. The molecule has 0 saturated carbocycles. The van der Waals surface area contributed by atoms with Crippen molar-refractivity contribution in [2.24, 2.45) is 0 Å². The normalized spacial score (nSPS) is 11.9. The van der Waals surface area contributed by atoms with Crippen LogP contribution in [0.15, 0.2) is 72.0 Å². The van der Waals surface area contributed by atoms with Crippen molar-refractivity contribution in [3.63, 3.8) is 0 Å². The minimum atomic E-state index is -0.00942. The van der Waals surface area contributed by atoms with Crippen molar-refractivity contribution in [2.75, 3.05) is 11.6 Å². The lowest BCUT2D eigenvalue weighted by atomic mass is 10.1. The Labute approximate surface area is 164 Å². The van der Waals surface area contributed by atoms with Crippen LogP contribution in [0.1, 0.15) is 18.9 Å². The van der Waals surface area contributed by atoms with Gasteiger partial charge in [-0.25, -0.2) is 9.66 Å². The summed E-state index contributed by atoms with van der Waals surface area (Å²) in [7, 11) is 0. The highest BCUT2D eigenvalue weighted by Gasteiger charge is 2.12. The lowest BCUT2D eigenvalue weighted by Gasteiger charge is -2.13. The Balaban J connectivity index is 1.47. The number of rotatable bonds is 8. The van der Waals surface area contributed by atoms with Gasteiger partial charge in [0.15, 0.2) is 5.16 Å². The van der Waals surface area contributed by atoms with E-state index < -0.39 is 0 Å². The van der Waals surface area contributed by atoms with Crippen LogP contribution in [0.25, 0.3) is 11.3 Å². The van der Waals surface area contributed by atoms with Crippen LogP contribution >= 0.6 is 11.8 Å². The van der Waals surface area contributed by atoms with Crippen molar-refractivity contribution >= 4 is 17.7 Å². The first kappa shape index (κ1) is 19.0. The Bertz CT molecular complexity index is 864. The van der Waals surface area contributed by atoms with Gasteiger partial charge in [0.25, 0.3) is 0 Å². The molecule has 1 heterocycles. The number of hydrogen-bond donors (Lipinski definition) is 2. The second kappa shape index (κ2) is 9.28. The van der Waals surface area contributed by atoms with E-state index in [0.717, 1.165) is 24.1 Å². The smallest absolute Gasteiger partial charge is 0.230 e. The summed E-state index contributed by atoms with van der Waals surface area (Å²) in [6, 6.07) is 20.3. The monoisotopic (exact) mass is 380 g/mol. The molecule has 0 saturated heterocycles. The number of nitrogen functional groups attached to an aromatic ring is 1. The van der Waals surface area contributed by atoms with Gasteiger partial charge in [-0.2, -0.15) is 0 Å². The predicted octanol–water partition coefficient (Wildman–Crippen LogP) is 3.49. The Hall–Kier alpha value is -2.73. The zero-order chi connectivity index (χ0) is 19.1. The first-order chi connectivity index (χ1) is 13.1. The van der Waals surface area contributed by atoms with E-state index in [9.17, 15) is 4.79 Å². The van der Waals surface area contributed by atoms with Crippen molar-refractivity contribution in [2.45, 2.75) is 31.0 Å². The third-order valence-corrected chi connectivity index (χ3v) is 5.18. The molecule has 1 atom stereocenters. The molecule has 3 aromatic rings. The Kier molecular flexibility index (Phi) is 6.54. The average Bonchev–Trinajstić information content (AvgIpc) is 3.07. The van der Waals surface area contributed by atoms with E-state index in [4.69, 9.17) is 5.84 Å². The fourth-order valence-electron chi connectivity index (χ4n) is 2.78. The summed E-state index contributed by atoms with van der Waals surface area (Å²) in [5.41, 5.74) is 3.09. The number of carbonyl (C=O) groups excluding carboxylic acids is 1. The second-order valence-corrected chi connectivity index (χ2v) is 7.41. The molecule has 0 fully saturated rings. The number of benzene rings is 2. The summed E-state index contributed by atoms with van der Waals surface area (Å²) in [6.07, 6.45) is 3.63. The van der Waals surface area contributed by atoms with Crippen LogP contribution in [0, 0.1) is 0 Å². The van der Waals surface area contributed by atoms with Crippen LogP contribution in [0.4, 0.5) is 0 Å². The Morgan fingerprint density at radius 1 is 1.15 bits per heavy atom. The largest absolute Gasteiger partial charge is 0.353 e. The summed E-state index contributed by atoms with van der Waals surface area (Å²) >= 11 is 1.34. The molecule has 6 heteroatoms. The number of amides is 1. The Morgan fingerprint density at radius 3 is 2.52 bits per heavy atom. The van der Waals surface area contributed by atoms with E-state index in [1.165, 1.54) is 22.0 Å². The van der Waals surface area contributed by atoms with Crippen LogP contribution in [-0.2, 0) is 11.2 Å². The van der Waals surface area contributed by atoms with Gasteiger partial charge >= 0.3 is 0 Å². The molecule has 0 bridgehead atoms. The van der Waals surface area contributed by atoms with Crippen LogP contribution in [0.3, 0.4) is 0 Å². The minimum Gasteiger partial charge on any atom is -0.353 e. The molecular weight excluding hydrogens is 356 g/mol. The summed E-state index contributed by atoms with van der Waals surface area (Å²) in [5.74, 6) is 6.26. The molecule has 3 rings (SSSR count). The number of nitrogens with two attached hydrogens (primary N) is 1. The molecule has 140 valence electrons. The zero-order valence-electron chi connectivity index (χ0n) is 15.3. The van der Waals surface area contributed by atoms with E-state index in [-0.39, 0.29) is 17.7 Å². The fraction of sp³-hybridized carbons (Fsp3) is 0.238. The number of imidazole rings is 1. The molecule has 0 unspecified atom stereocenters. The van der Waals surface area contributed by atoms with Crippen LogP contribution in [0.2, 0.25) is 0 Å². The van der Waals surface area contributed by atoms with Gasteiger partial charge in [-0.05, 0) is 25.3 Å². The molecule has 5 nitrogen and oxygen atoms in total. The van der Waals surface area contributed by atoms with Crippen molar-refractivity contribution < 1.29 is 4.79 Å². The van der Waals surface area contributed by atoms with Crippen molar-refractivity contribution in [1.29, 1.82) is 0 Å². The highest BCUT2D eigenvalue weighted by atomic mass is 32.2. The maximum atomic E-state index is 12.2. The molecule has 27 heavy (non-hydrogen) atoms. The topological polar surface area (TPSA) is 72.9 Å². The van der Waals surface area contributed by atoms with Gasteiger partial charge in [0.1, 0.15) is 0 Å². The van der Waals surface area contributed by atoms with Gasteiger partial charge in [-0.3, -0.25) is 4.79 Å². The van der Waals surface area contributed by atoms with Crippen molar-refractivity contribution in [3.05, 3.63) is 72.4 Å². The molecule has 0 radical (unpaired) electrons. The molecule has 0 aliphatic heterocycles. The molecular formula is C21H24N4OS. The van der Waals surface area contributed by atoms with Gasteiger partial charge in [-0.1, -0.05) is 72.4 Å². The van der Waals surface area contributed by atoms with E-state index in [2.05, 4.69) is 22.4 Å². The first-order valence-corrected chi connectivity index (χ1v) is 9.96. The van der Waals surface area contributed by atoms with E-state index in [1.807, 2.05) is 55.5 Å². The SMILES string of the molecule is C[C@@H](CCc1ccccc1)NC(=O)CSc1nc(-c2ccccc2)cn1N. The standard InChI is InChI=1S/C21H24N4OS/c1-16(12-13-17-8-4-2-5-9-17)23-20(26)15-27-21-24-19(14-25(21)22)18-10-6-3-7-11-18/h2-11,14,16H,12-13,15,22H2,1H3,(H,23,26)/t16-/m0/s1. The summed E-state index contributed by atoms with van der Waals surface area (Å²) in [4.78, 5) is 16.7. The number of hydrogen-bond acceptors (Lipinski definition) is 4. The summed E-state index contributed by atoms with van der Waals surface area (Å²) in [6.45, 7) is 2.03. The average molecular weight is 381 g/mol. The van der Waals surface area contributed by atoms with Gasteiger partial charge < -0.3 is 11.2 Å². The number of aryl methyl sites for hydroxylation is 1. The number of carbonyl (C=O) groups is 1. The molecule has 0 spiro atoms. The van der Waals surface area contributed by atoms with Crippen LogP contribution < -0.4 is 11.2 Å². The first-order valence-electron chi connectivity index (χ1n) is 8.98. The zero-order valence-corrected chi connectivity index (χ0v) is 16.2. The number of aromatic nitrogens is 2. The highest BCUT2D eigenvalue weighted by Crippen LogP contribution is 2.22. The van der Waals surface area contributed by atoms with E-state index >= 15 is 0 Å². The summed E-state index contributed by atoms with van der Waals surface area (Å²) < 4.78 is 1.47.